The number of hydrogen-bond donors (Lipinski definition) is 6. The fraction of sp³-hybridized carbons (Fsp3) is 0.390. The Morgan fingerprint density at radius 2 is 0.716 bits per heavy atom. The van der Waals surface area contributed by atoms with Crippen LogP contribution < -0.4 is 20.1 Å². The van der Waals surface area contributed by atoms with Crippen LogP contribution in [0, 0.1) is 0 Å². The van der Waals surface area contributed by atoms with Gasteiger partial charge < -0.3 is 91.2 Å². The minimum atomic E-state index is -6.45. The molecule has 0 spiro atoms. The molecule has 4 aliphatic rings. The van der Waals surface area contributed by atoms with Crippen molar-refractivity contribution in [3.8, 4) is 11.5 Å². The molecule has 0 bridgehead atoms. The zero-order valence-electron chi connectivity index (χ0n) is 69.2. The average molecular weight is 1980 g/mol. The molecule has 42 nitrogen and oxygen atoms in total. The van der Waals surface area contributed by atoms with Gasteiger partial charge in [-0.1, -0.05) is 158 Å². The van der Waals surface area contributed by atoms with Crippen LogP contribution in [0.15, 0.2) is 206 Å². The average Bonchev–Trinajstić information content (AvgIpc) is 0.744. The van der Waals surface area contributed by atoms with Crippen molar-refractivity contribution < 1.29 is 209 Å². The summed E-state index contributed by atoms with van der Waals surface area (Å²) in [6.07, 6.45) is -66.4. The van der Waals surface area contributed by atoms with Gasteiger partial charge >= 0.3 is 95.6 Å². The summed E-state index contributed by atoms with van der Waals surface area (Å²) in [6, 6.07) is 40.1. The Bertz CT molecular complexity index is 5630. The first-order valence-corrected chi connectivity index (χ1v) is 44.9. The van der Waals surface area contributed by atoms with E-state index in [1.165, 1.54) is 200 Å². The SMILES string of the molecule is COc1ccc(O[C@@H]2O[C@H](C(=O)OCc3ccccc3)[C@@H](O[C@@H]3O[C@H](COS(=O)(=O)O)[C@H](OS(=O)(=O)O)[C@H](O[C@@H]4O[C@H](C(=O)OCc5ccccc5)[C@@H](O[C@@H]5O[C@H](COS(=O)(=O)O)[C@H](OS(=O)(=O)O)[C@H](OC(=O)CCC(C)=O)[C@H]5NC(=O)C(F)(F)F)[C@H](OCc5ccccc5)[C@H]4OC(=O)c4ccccc4)[C@H]3NC(=O)C(F)(F)F)[C@H](OCc3ccccc3)[C@H]2OC(=O)c2ccccc2)cc1. The second-order valence-electron chi connectivity index (χ2n) is 29.3. The number of carbonyl (C=O) groups is 8. The Labute approximate surface area is 757 Å². The van der Waals surface area contributed by atoms with Crippen LogP contribution in [0.2, 0.25) is 0 Å². The number of benzene rings is 7. The van der Waals surface area contributed by atoms with Gasteiger partial charge in [0.15, 0.2) is 49.4 Å². The maximum atomic E-state index is 15.8. The van der Waals surface area contributed by atoms with Gasteiger partial charge in [-0.25, -0.2) is 35.9 Å². The maximum absolute atomic E-state index is 15.8. The number of esters is 5. The number of rotatable bonds is 41. The zero-order chi connectivity index (χ0) is 97.0. The van der Waals surface area contributed by atoms with E-state index in [-0.39, 0.29) is 39.3 Å². The first-order valence-electron chi connectivity index (χ1n) is 39.5. The second kappa shape index (κ2) is 45.9. The molecule has 4 fully saturated rings. The lowest BCUT2D eigenvalue weighted by molar-refractivity contribution is -0.370. The molecular weight excluding hydrogens is 1900 g/mol. The summed E-state index contributed by atoms with van der Waals surface area (Å²) in [5.41, 5.74) is -0.299. The van der Waals surface area contributed by atoms with Gasteiger partial charge in [-0.2, -0.15) is 60.0 Å². The molecule has 0 saturated carbocycles. The van der Waals surface area contributed by atoms with E-state index in [1.54, 1.807) is 12.1 Å². The highest BCUT2D eigenvalue weighted by molar-refractivity contribution is 7.81. The van der Waals surface area contributed by atoms with Crippen LogP contribution in [0.1, 0.15) is 62.7 Å². The van der Waals surface area contributed by atoms with Crippen LogP contribution in [0.25, 0.3) is 0 Å². The largest absolute Gasteiger partial charge is 0.497 e. The van der Waals surface area contributed by atoms with E-state index < -0.39 is 282 Å². The summed E-state index contributed by atoms with van der Waals surface area (Å²) in [4.78, 5) is 116. The Morgan fingerprint density at radius 1 is 0.373 bits per heavy atom. The summed E-state index contributed by atoms with van der Waals surface area (Å²) in [5.74, 6) is -15.2. The fourth-order valence-corrected chi connectivity index (χ4v) is 15.4. The van der Waals surface area contributed by atoms with Gasteiger partial charge in [0.05, 0.1) is 51.1 Å². The van der Waals surface area contributed by atoms with Gasteiger partial charge in [0.25, 0.3) is 0 Å². The van der Waals surface area contributed by atoms with Gasteiger partial charge in [0.1, 0.15) is 97.5 Å². The van der Waals surface area contributed by atoms with Gasteiger partial charge in [-0.15, -0.1) is 0 Å². The maximum Gasteiger partial charge on any atom is 0.471 e. The number of Topliss-reactive ketones (excluding diaryl/α,β-unsaturated/α-hetero) is 1. The summed E-state index contributed by atoms with van der Waals surface area (Å²) < 4.78 is 356. The third-order valence-corrected chi connectivity index (χ3v) is 21.5. The third-order valence-electron chi connectivity index (χ3n) is 19.7. The molecular formula is C82H82F6N2O40S4. The van der Waals surface area contributed by atoms with E-state index in [0.29, 0.717) is 0 Å². The molecule has 726 valence electrons. The second-order valence-corrected chi connectivity index (χ2v) is 33.5. The monoisotopic (exact) mass is 1980 g/mol. The molecule has 0 aliphatic carbocycles. The van der Waals surface area contributed by atoms with E-state index in [1.807, 2.05) is 0 Å². The Kier molecular flexibility index (Phi) is 35.4. The molecule has 4 heterocycles. The van der Waals surface area contributed by atoms with Gasteiger partial charge in [0.2, 0.25) is 6.29 Å². The Balaban J connectivity index is 1.17. The van der Waals surface area contributed by atoms with Crippen molar-refractivity contribution in [3.63, 3.8) is 0 Å². The molecule has 6 N–H and O–H groups in total. The number of alkyl halides is 6. The zero-order valence-corrected chi connectivity index (χ0v) is 72.5. The van der Waals surface area contributed by atoms with E-state index in [9.17, 15) is 75.9 Å². The van der Waals surface area contributed by atoms with Crippen molar-refractivity contribution >= 4 is 89.0 Å². The number of nitrogens with one attached hydrogen (secondary N) is 2. The van der Waals surface area contributed by atoms with Gasteiger partial charge in [-0.3, -0.25) is 32.6 Å². The lowest BCUT2D eigenvalue weighted by Gasteiger charge is -2.51. The molecule has 4 aliphatic heterocycles. The third kappa shape index (κ3) is 30.1. The standard InChI is InChI=1S/C82H82F6N2O40S4/c1-45(91)33-38-56(92)121-61-57(89-79(97)81(83,84)85)75(119-54(43-116-131(99,100)101)59(61)129-133(105,106)107)125-66-64(113-40-47-23-11-4-12-24-47)70(123-72(94)51-31-19-8-20-32-51)78(128-68(66)74(96)115-42-49-27-15-6-16-28-49)124-62-58(90-80(98)82(86,87)88)76(120-55(44-117-132(102,103)104)60(62)130-134(108,109)110)126-65-63(112-39-46-21-9-3-10-22-46)69(122-71(93)50-29-17-7-18-30-50)77(118-53-36-34-52(111-2)35-37-53)127-67(65)73(95)114-41-48-25-13-5-14-26-48/h3-32,34-37,54-55,57-70,75-78H,33,38-44H2,1-2H3,(H,89,97)(H,90,98)(H,99,100,101)(H,102,103,104)(H,105,106,107)(H,108,109,110)/t54-,55-,57-,58-,59+,60+,61-,62-,63+,64+,65+,66+,67+,68+,69-,70-,75+,76+,77-,78-/m1/s1. The highest BCUT2D eigenvalue weighted by atomic mass is 32.3. The molecule has 134 heavy (non-hydrogen) atoms. The van der Waals surface area contributed by atoms with Crippen molar-refractivity contribution in [2.24, 2.45) is 0 Å². The predicted octanol–water partition coefficient (Wildman–Crippen LogP) is 5.63. The van der Waals surface area contributed by atoms with E-state index in [0.717, 1.165) is 19.1 Å². The number of hydrogen-bond acceptors (Lipinski definition) is 36. The number of ether oxygens (including phenoxy) is 16. The van der Waals surface area contributed by atoms with E-state index in [2.05, 4.69) is 4.18 Å². The molecule has 52 heteroatoms. The molecule has 20 atom stereocenters. The lowest BCUT2D eigenvalue weighted by Crippen LogP contribution is -2.72. The van der Waals surface area contributed by atoms with Crippen molar-refractivity contribution in [1.82, 2.24) is 10.6 Å². The number of carbonyl (C=O) groups excluding carboxylic acids is 8. The van der Waals surface area contributed by atoms with Crippen LogP contribution in [0.3, 0.4) is 0 Å². The van der Waals surface area contributed by atoms with Crippen LogP contribution in [-0.4, -0.2) is 255 Å². The highest BCUT2D eigenvalue weighted by Crippen LogP contribution is 2.42. The predicted molar refractivity (Wildman–Crippen MR) is 430 cm³/mol. The summed E-state index contributed by atoms with van der Waals surface area (Å²) >= 11 is 0. The summed E-state index contributed by atoms with van der Waals surface area (Å²) in [6.45, 7) is -6.29. The number of amides is 2. The lowest BCUT2D eigenvalue weighted by atomic mass is 9.93. The number of methoxy groups -OCH3 is 1. The minimum absolute atomic E-state index is 0.0146. The molecule has 4 saturated heterocycles. The van der Waals surface area contributed by atoms with Crippen molar-refractivity contribution in [2.75, 3.05) is 20.3 Å². The molecule has 0 unspecified atom stereocenters. The molecule has 0 radical (unpaired) electrons. The van der Waals surface area contributed by atoms with Crippen molar-refractivity contribution in [2.45, 2.75) is 181 Å². The number of ketones is 1. The smallest absolute Gasteiger partial charge is 0.471 e. The van der Waals surface area contributed by atoms with Crippen LogP contribution in [0.4, 0.5) is 26.3 Å². The topological polar surface area (TPSA) is 563 Å². The van der Waals surface area contributed by atoms with Gasteiger partial charge in [0, 0.05) is 6.42 Å². The fourth-order valence-electron chi connectivity index (χ4n) is 13.8. The normalized spacial score (nSPS) is 25.7. The van der Waals surface area contributed by atoms with Crippen LogP contribution in [-0.2, 0) is 180 Å². The van der Waals surface area contributed by atoms with Crippen molar-refractivity contribution in [1.29, 1.82) is 0 Å². The number of halogens is 6. The molecule has 2 amide bonds. The molecule has 0 aromatic heterocycles. The highest BCUT2D eigenvalue weighted by Gasteiger charge is 2.64. The minimum Gasteiger partial charge on any atom is -0.497 e. The first kappa shape index (κ1) is 103. The molecule has 7 aromatic rings. The van der Waals surface area contributed by atoms with Gasteiger partial charge in [-0.05, 0) is 77.7 Å². The Hall–Kier alpha value is -11.2. The molecule has 7 aromatic carbocycles. The molecule has 11 rings (SSSR count). The van der Waals surface area contributed by atoms with Crippen LogP contribution in [0.5, 0.6) is 11.5 Å². The first-order chi connectivity index (χ1) is 63.3. The van der Waals surface area contributed by atoms with E-state index >= 15 is 40.7 Å². The van der Waals surface area contributed by atoms with E-state index in [4.69, 9.17) is 88.3 Å². The summed E-state index contributed by atoms with van der Waals surface area (Å²) in [7, 11) is -23.2. The van der Waals surface area contributed by atoms with Crippen molar-refractivity contribution in [3.05, 3.63) is 240 Å². The quantitative estimate of drug-likeness (QED) is 0.0117. The Morgan fingerprint density at radius 3 is 1.08 bits per heavy atom. The summed E-state index contributed by atoms with van der Waals surface area (Å²) in [5, 5.41) is 2.77. The van der Waals surface area contributed by atoms with Crippen LogP contribution >= 0.6 is 0 Å².